The van der Waals surface area contributed by atoms with Gasteiger partial charge in [-0.2, -0.15) is 0 Å². The van der Waals surface area contributed by atoms with Gasteiger partial charge in [-0.3, -0.25) is 0 Å². The molecule has 1 heterocycles. The molecule has 0 radical (unpaired) electrons. The van der Waals surface area contributed by atoms with E-state index in [1.54, 1.807) is 12.1 Å². The SMILES string of the molecule is Cc1ccc(-c2ccc(C3CCC4(CC3)OCCO4)c(F)c2F)cc1. The second kappa shape index (κ2) is 6.50. The zero-order chi connectivity index (χ0) is 17.4. The number of benzene rings is 2. The maximum Gasteiger partial charge on any atom is 0.168 e. The molecule has 132 valence electrons. The lowest BCUT2D eigenvalue weighted by Crippen LogP contribution is -2.34. The molecule has 0 amide bonds. The Kier molecular flexibility index (Phi) is 4.34. The van der Waals surface area contributed by atoms with Gasteiger partial charge in [0.25, 0.3) is 0 Å². The van der Waals surface area contributed by atoms with Crippen molar-refractivity contribution < 1.29 is 18.3 Å². The van der Waals surface area contributed by atoms with Crippen molar-refractivity contribution >= 4 is 0 Å². The van der Waals surface area contributed by atoms with Crippen LogP contribution in [0.4, 0.5) is 8.78 Å². The molecule has 2 fully saturated rings. The van der Waals surface area contributed by atoms with Crippen LogP contribution in [-0.4, -0.2) is 19.0 Å². The van der Waals surface area contributed by atoms with Gasteiger partial charge in [-0.1, -0.05) is 42.0 Å². The Morgan fingerprint density at radius 1 is 0.880 bits per heavy atom. The van der Waals surface area contributed by atoms with Crippen LogP contribution < -0.4 is 0 Å². The van der Waals surface area contributed by atoms with Crippen LogP contribution in [0, 0.1) is 18.6 Å². The number of hydrogen-bond acceptors (Lipinski definition) is 2. The van der Waals surface area contributed by atoms with Gasteiger partial charge in [-0.25, -0.2) is 8.78 Å². The van der Waals surface area contributed by atoms with Crippen LogP contribution in [-0.2, 0) is 9.47 Å². The lowest BCUT2D eigenvalue weighted by molar-refractivity contribution is -0.178. The Morgan fingerprint density at radius 3 is 2.16 bits per heavy atom. The summed E-state index contributed by atoms with van der Waals surface area (Å²) in [6, 6.07) is 10.9. The van der Waals surface area contributed by atoms with Gasteiger partial charge in [0, 0.05) is 18.4 Å². The minimum atomic E-state index is -0.755. The number of rotatable bonds is 2. The molecule has 0 atom stereocenters. The van der Waals surface area contributed by atoms with Crippen LogP contribution in [0.1, 0.15) is 42.7 Å². The van der Waals surface area contributed by atoms with E-state index in [2.05, 4.69) is 0 Å². The maximum absolute atomic E-state index is 14.7. The van der Waals surface area contributed by atoms with Crippen molar-refractivity contribution in [3.63, 3.8) is 0 Å². The highest BCUT2D eigenvalue weighted by Crippen LogP contribution is 2.43. The summed E-state index contributed by atoms with van der Waals surface area (Å²) < 4.78 is 40.8. The Bertz CT molecular complexity index is 754. The average Bonchev–Trinajstić information content (AvgIpc) is 3.07. The molecule has 2 aromatic carbocycles. The minimum Gasteiger partial charge on any atom is -0.348 e. The molecule has 1 spiro atoms. The quantitative estimate of drug-likeness (QED) is 0.732. The summed E-state index contributed by atoms with van der Waals surface area (Å²) in [6.07, 6.45) is 2.97. The molecule has 2 nitrogen and oxygen atoms in total. The Balaban J connectivity index is 1.57. The van der Waals surface area contributed by atoms with Gasteiger partial charge in [0.2, 0.25) is 0 Å². The highest BCUT2D eigenvalue weighted by molar-refractivity contribution is 5.65. The van der Waals surface area contributed by atoms with Crippen LogP contribution in [0.15, 0.2) is 36.4 Å². The molecule has 1 aliphatic carbocycles. The van der Waals surface area contributed by atoms with E-state index < -0.39 is 17.4 Å². The summed E-state index contributed by atoms with van der Waals surface area (Å²) in [4.78, 5) is 0. The third-order valence-corrected chi connectivity index (χ3v) is 5.48. The molecular weight excluding hydrogens is 322 g/mol. The molecule has 1 saturated carbocycles. The van der Waals surface area contributed by atoms with Crippen molar-refractivity contribution in [3.05, 3.63) is 59.2 Å². The first-order chi connectivity index (χ1) is 12.1. The smallest absolute Gasteiger partial charge is 0.168 e. The largest absolute Gasteiger partial charge is 0.348 e. The summed E-state index contributed by atoms with van der Waals surface area (Å²) in [6.45, 7) is 3.22. The second-order valence-electron chi connectivity index (χ2n) is 7.08. The third kappa shape index (κ3) is 3.09. The minimum absolute atomic E-state index is 0.0139. The first kappa shape index (κ1) is 16.7. The van der Waals surface area contributed by atoms with E-state index in [1.165, 1.54) is 0 Å². The van der Waals surface area contributed by atoms with Crippen molar-refractivity contribution in [1.82, 2.24) is 0 Å². The van der Waals surface area contributed by atoms with Gasteiger partial charge in [-0.05, 0) is 36.8 Å². The Hall–Kier alpha value is -1.78. The Morgan fingerprint density at radius 2 is 1.52 bits per heavy atom. The van der Waals surface area contributed by atoms with Crippen molar-refractivity contribution in [3.8, 4) is 11.1 Å². The summed E-state index contributed by atoms with van der Waals surface area (Å²) in [5.74, 6) is -1.94. The predicted molar refractivity (Wildman–Crippen MR) is 92.4 cm³/mol. The highest BCUT2D eigenvalue weighted by Gasteiger charge is 2.41. The van der Waals surface area contributed by atoms with E-state index in [9.17, 15) is 8.78 Å². The molecule has 0 N–H and O–H groups in total. The molecule has 2 aromatic rings. The van der Waals surface area contributed by atoms with Gasteiger partial charge in [0.15, 0.2) is 17.4 Å². The number of hydrogen-bond donors (Lipinski definition) is 0. The molecule has 4 heteroatoms. The summed E-state index contributed by atoms with van der Waals surface area (Å²) in [5.41, 5.74) is 2.58. The number of ether oxygens (including phenoxy) is 2. The van der Waals surface area contributed by atoms with E-state index in [0.717, 1.165) is 31.2 Å². The van der Waals surface area contributed by atoms with Crippen LogP contribution in [0.2, 0.25) is 0 Å². The molecule has 0 unspecified atom stereocenters. The molecule has 0 bridgehead atoms. The van der Waals surface area contributed by atoms with Crippen LogP contribution in [0.3, 0.4) is 0 Å². The lowest BCUT2D eigenvalue weighted by Gasteiger charge is -2.35. The molecular formula is C21H22F2O2. The van der Waals surface area contributed by atoms with E-state index in [1.807, 2.05) is 31.2 Å². The van der Waals surface area contributed by atoms with Crippen LogP contribution in [0.25, 0.3) is 11.1 Å². The van der Waals surface area contributed by atoms with E-state index >= 15 is 0 Å². The maximum atomic E-state index is 14.7. The predicted octanol–water partition coefficient (Wildman–Crippen LogP) is 5.34. The van der Waals surface area contributed by atoms with Crippen molar-refractivity contribution in [2.75, 3.05) is 13.2 Å². The molecule has 0 aromatic heterocycles. The van der Waals surface area contributed by atoms with Crippen LogP contribution >= 0.6 is 0 Å². The zero-order valence-corrected chi connectivity index (χ0v) is 14.4. The molecule has 4 rings (SSSR count). The molecule has 1 saturated heterocycles. The van der Waals surface area contributed by atoms with Crippen molar-refractivity contribution in [1.29, 1.82) is 0 Å². The van der Waals surface area contributed by atoms with E-state index in [4.69, 9.17) is 9.47 Å². The van der Waals surface area contributed by atoms with E-state index in [-0.39, 0.29) is 5.92 Å². The Labute approximate surface area is 146 Å². The summed E-state index contributed by atoms with van der Waals surface area (Å²) in [7, 11) is 0. The monoisotopic (exact) mass is 344 g/mol. The molecule has 25 heavy (non-hydrogen) atoms. The van der Waals surface area contributed by atoms with Gasteiger partial charge in [-0.15, -0.1) is 0 Å². The fraction of sp³-hybridized carbons (Fsp3) is 0.429. The first-order valence-corrected chi connectivity index (χ1v) is 8.91. The van der Waals surface area contributed by atoms with Gasteiger partial charge >= 0.3 is 0 Å². The molecule has 1 aliphatic heterocycles. The topological polar surface area (TPSA) is 18.5 Å². The second-order valence-corrected chi connectivity index (χ2v) is 7.08. The fourth-order valence-electron chi connectivity index (χ4n) is 3.99. The highest BCUT2D eigenvalue weighted by atomic mass is 19.2. The molecule has 2 aliphatic rings. The van der Waals surface area contributed by atoms with Crippen molar-refractivity contribution in [2.24, 2.45) is 0 Å². The fourth-order valence-corrected chi connectivity index (χ4v) is 3.99. The van der Waals surface area contributed by atoms with Crippen LogP contribution in [0.5, 0.6) is 0 Å². The van der Waals surface area contributed by atoms with Gasteiger partial charge < -0.3 is 9.47 Å². The number of aryl methyl sites for hydroxylation is 1. The third-order valence-electron chi connectivity index (χ3n) is 5.48. The summed E-state index contributed by atoms with van der Waals surface area (Å²) in [5, 5.41) is 0. The average molecular weight is 344 g/mol. The zero-order valence-electron chi connectivity index (χ0n) is 14.4. The van der Waals surface area contributed by atoms with Crippen molar-refractivity contribution in [2.45, 2.75) is 44.3 Å². The van der Waals surface area contributed by atoms with Gasteiger partial charge in [0.1, 0.15) is 0 Å². The standard InChI is InChI=1S/C21H22F2O2/c1-14-2-4-15(5-3-14)17-6-7-18(20(23)19(17)22)16-8-10-21(11-9-16)24-12-13-25-21/h2-7,16H,8-13H2,1H3. The normalized spacial score (nSPS) is 20.3. The summed E-state index contributed by atoms with van der Waals surface area (Å²) >= 11 is 0. The van der Waals surface area contributed by atoms with E-state index in [0.29, 0.717) is 29.9 Å². The first-order valence-electron chi connectivity index (χ1n) is 8.91. The lowest BCUT2D eigenvalue weighted by atomic mass is 9.80. The number of halogens is 2. The van der Waals surface area contributed by atoms with Gasteiger partial charge in [0.05, 0.1) is 13.2 Å².